The highest BCUT2D eigenvalue weighted by molar-refractivity contribution is 5.24. The molecule has 0 amide bonds. The first-order valence-corrected chi connectivity index (χ1v) is 9.70. The number of hydrogen-bond donors (Lipinski definition) is 0. The highest BCUT2D eigenvalue weighted by Gasteiger charge is 2.29. The number of unbranched alkanes of at least 4 members (excludes halogenated alkanes) is 1. The highest BCUT2D eigenvalue weighted by atomic mass is 19.4. The van der Waals surface area contributed by atoms with Crippen LogP contribution in [0.2, 0.25) is 0 Å². The Balaban J connectivity index is 1.58. The number of benzene rings is 1. The van der Waals surface area contributed by atoms with Gasteiger partial charge in [0.25, 0.3) is 0 Å². The molecule has 26 heavy (non-hydrogen) atoms. The Bertz CT molecular complexity index is 587. The molecule has 0 saturated heterocycles. The van der Waals surface area contributed by atoms with Gasteiger partial charge in [0.05, 0.1) is 11.6 Å². The fraction of sp³-hybridized carbons (Fsp3) is 0.591. The van der Waals surface area contributed by atoms with Crippen LogP contribution in [0.4, 0.5) is 13.2 Å². The molecule has 0 atom stereocenters. The second-order valence-electron chi connectivity index (χ2n) is 7.44. The van der Waals surface area contributed by atoms with Crippen LogP contribution in [-0.4, -0.2) is 0 Å². The van der Waals surface area contributed by atoms with Crippen LogP contribution in [0.5, 0.6) is 0 Å². The van der Waals surface area contributed by atoms with E-state index in [1.807, 2.05) is 12.1 Å². The Morgan fingerprint density at radius 3 is 2.15 bits per heavy atom. The number of hydrogen-bond acceptors (Lipinski definition) is 1. The average molecular weight is 363 g/mol. The van der Waals surface area contributed by atoms with Gasteiger partial charge in [0.15, 0.2) is 0 Å². The largest absolute Gasteiger partial charge is 0.416 e. The lowest BCUT2D eigenvalue weighted by molar-refractivity contribution is -0.137. The summed E-state index contributed by atoms with van der Waals surface area (Å²) in [5.41, 5.74) is 0.424. The standard InChI is InChI=1S/C22H28F3N/c23-22(24,25)21-15-13-20(14-16-21)8-4-3-7-19-11-9-18(10-12-19)6-2-1-5-17-26/h1,5,13-16,18-19H,2-4,6-12H2/b5-1+/t18-,19-. The van der Waals surface area contributed by atoms with Gasteiger partial charge in [-0.3, -0.25) is 0 Å². The molecule has 0 spiro atoms. The van der Waals surface area contributed by atoms with Gasteiger partial charge < -0.3 is 0 Å². The lowest BCUT2D eigenvalue weighted by Crippen LogP contribution is -2.14. The lowest BCUT2D eigenvalue weighted by Gasteiger charge is -2.28. The van der Waals surface area contributed by atoms with Gasteiger partial charge >= 0.3 is 6.18 Å². The van der Waals surface area contributed by atoms with Gasteiger partial charge in [0, 0.05) is 6.08 Å². The van der Waals surface area contributed by atoms with Gasteiger partial charge in [0.1, 0.15) is 0 Å². The van der Waals surface area contributed by atoms with Crippen LogP contribution in [0.25, 0.3) is 0 Å². The van der Waals surface area contributed by atoms with Crippen LogP contribution in [0.3, 0.4) is 0 Å². The molecule has 0 heterocycles. The van der Waals surface area contributed by atoms with Crippen molar-refractivity contribution in [3.05, 3.63) is 47.5 Å². The van der Waals surface area contributed by atoms with E-state index >= 15 is 0 Å². The first kappa shape index (κ1) is 20.6. The van der Waals surface area contributed by atoms with Gasteiger partial charge in [0.2, 0.25) is 0 Å². The maximum Gasteiger partial charge on any atom is 0.416 e. The van der Waals surface area contributed by atoms with Crippen molar-refractivity contribution in [2.45, 2.75) is 70.4 Å². The van der Waals surface area contributed by atoms with E-state index in [9.17, 15) is 13.2 Å². The van der Waals surface area contributed by atoms with Crippen LogP contribution in [0.1, 0.15) is 68.9 Å². The number of aryl methyl sites for hydroxylation is 1. The van der Waals surface area contributed by atoms with Crippen molar-refractivity contribution in [3.8, 4) is 6.07 Å². The zero-order chi connectivity index (χ0) is 18.8. The van der Waals surface area contributed by atoms with Crippen LogP contribution in [0, 0.1) is 23.2 Å². The van der Waals surface area contributed by atoms with Gasteiger partial charge in [-0.15, -0.1) is 0 Å². The molecule has 0 radical (unpaired) electrons. The summed E-state index contributed by atoms with van der Waals surface area (Å²) in [5, 5.41) is 8.48. The summed E-state index contributed by atoms with van der Waals surface area (Å²) in [6.45, 7) is 0. The zero-order valence-electron chi connectivity index (χ0n) is 15.3. The van der Waals surface area contributed by atoms with Gasteiger partial charge in [-0.2, -0.15) is 18.4 Å². The van der Waals surface area contributed by atoms with Crippen molar-refractivity contribution >= 4 is 0 Å². The van der Waals surface area contributed by atoms with Crippen molar-refractivity contribution in [3.63, 3.8) is 0 Å². The molecule has 1 aliphatic carbocycles. The fourth-order valence-electron chi connectivity index (χ4n) is 3.90. The summed E-state index contributed by atoms with van der Waals surface area (Å²) >= 11 is 0. The van der Waals surface area contributed by atoms with Crippen LogP contribution in [0.15, 0.2) is 36.4 Å². The first-order valence-electron chi connectivity index (χ1n) is 9.70. The summed E-state index contributed by atoms with van der Waals surface area (Å²) in [5.74, 6) is 1.62. The minimum Gasteiger partial charge on any atom is -0.193 e. The number of rotatable bonds is 8. The van der Waals surface area contributed by atoms with Crippen molar-refractivity contribution in [1.82, 2.24) is 0 Å². The third-order valence-electron chi connectivity index (χ3n) is 5.51. The van der Waals surface area contributed by atoms with E-state index in [-0.39, 0.29) is 0 Å². The van der Waals surface area contributed by atoms with E-state index in [1.54, 1.807) is 18.2 Å². The van der Waals surface area contributed by atoms with E-state index in [4.69, 9.17) is 5.26 Å². The molecule has 142 valence electrons. The van der Waals surface area contributed by atoms with E-state index < -0.39 is 11.7 Å². The van der Waals surface area contributed by atoms with Crippen molar-refractivity contribution in [2.24, 2.45) is 11.8 Å². The molecule has 1 saturated carbocycles. The fourth-order valence-corrected chi connectivity index (χ4v) is 3.90. The van der Waals surface area contributed by atoms with E-state index in [1.165, 1.54) is 50.7 Å². The molecule has 1 aromatic carbocycles. The maximum absolute atomic E-state index is 12.5. The molecule has 1 aromatic rings. The molecular formula is C22H28F3N. The van der Waals surface area contributed by atoms with Crippen molar-refractivity contribution < 1.29 is 13.2 Å². The minimum absolute atomic E-state index is 0.568. The maximum atomic E-state index is 12.5. The molecule has 2 rings (SSSR count). The molecule has 1 aliphatic rings. The quantitative estimate of drug-likeness (QED) is 0.357. The van der Waals surface area contributed by atoms with Gasteiger partial charge in [-0.05, 0) is 55.2 Å². The predicted molar refractivity (Wildman–Crippen MR) is 98.4 cm³/mol. The zero-order valence-corrected chi connectivity index (χ0v) is 15.3. The smallest absolute Gasteiger partial charge is 0.193 e. The third-order valence-corrected chi connectivity index (χ3v) is 5.51. The molecule has 1 nitrogen and oxygen atoms in total. The van der Waals surface area contributed by atoms with Gasteiger partial charge in [-0.1, -0.05) is 56.7 Å². The highest BCUT2D eigenvalue weighted by Crippen LogP contribution is 2.34. The molecule has 0 bridgehead atoms. The number of nitriles is 1. The van der Waals surface area contributed by atoms with Crippen molar-refractivity contribution in [1.29, 1.82) is 5.26 Å². The second-order valence-corrected chi connectivity index (χ2v) is 7.44. The average Bonchev–Trinajstić information content (AvgIpc) is 2.63. The van der Waals surface area contributed by atoms with Crippen LogP contribution in [-0.2, 0) is 12.6 Å². The van der Waals surface area contributed by atoms with Crippen LogP contribution >= 0.6 is 0 Å². The van der Waals surface area contributed by atoms with E-state index in [2.05, 4.69) is 0 Å². The Hall–Kier alpha value is -1.76. The summed E-state index contributed by atoms with van der Waals surface area (Å²) in [6, 6.07) is 7.61. The normalized spacial score (nSPS) is 21.0. The first-order chi connectivity index (χ1) is 12.5. The van der Waals surface area contributed by atoms with E-state index in [0.29, 0.717) is 0 Å². The molecule has 0 aromatic heterocycles. The summed E-state index contributed by atoms with van der Waals surface area (Å²) in [4.78, 5) is 0. The molecule has 1 fully saturated rings. The number of allylic oxidation sites excluding steroid dienone is 2. The van der Waals surface area contributed by atoms with Gasteiger partial charge in [-0.25, -0.2) is 0 Å². The summed E-state index contributed by atoms with van der Waals surface area (Å²) in [7, 11) is 0. The monoisotopic (exact) mass is 363 g/mol. The molecule has 0 unspecified atom stereocenters. The Morgan fingerprint density at radius 2 is 1.58 bits per heavy atom. The summed E-state index contributed by atoms with van der Waals surface area (Å²) in [6.07, 6.45) is 11.0. The molecular weight excluding hydrogens is 335 g/mol. The molecule has 0 N–H and O–H groups in total. The van der Waals surface area contributed by atoms with E-state index in [0.717, 1.165) is 43.1 Å². The predicted octanol–water partition coefficient (Wildman–Crippen LogP) is 7.08. The number of nitrogens with zero attached hydrogens (tertiary/aromatic N) is 1. The van der Waals surface area contributed by atoms with Crippen molar-refractivity contribution in [2.75, 3.05) is 0 Å². The number of halogens is 3. The SMILES string of the molecule is N#C/C=C/CC[C@H]1CC[C@H](CCCCc2ccc(C(F)(F)F)cc2)CC1. The third kappa shape index (κ3) is 7.23. The molecule has 0 aliphatic heterocycles. The summed E-state index contributed by atoms with van der Waals surface area (Å²) < 4.78 is 37.6. The minimum atomic E-state index is -4.25. The lowest BCUT2D eigenvalue weighted by atomic mass is 9.78. The number of alkyl halides is 3. The Labute approximate surface area is 154 Å². The Kier molecular flexibility index (Phi) is 8.22. The topological polar surface area (TPSA) is 23.8 Å². The Morgan fingerprint density at radius 1 is 0.962 bits per heavy atom. The molecule has 4 heteroatoms. The van der Waals surface area contributed by atoms with Crippen LogP contribution < -0.4 is 0 Å². The second kappa shape index (κ2) is 10.4.